The van der Waals surface area contributed by atoms with Crippen LogP contribution in [0.15, 0.2) is 0 Å². The third kappa shape index (κ3) is 1.59. The first-order chi connectivity index (χ1) is 7.84. The van der Waals surface area contributed by atoms with Gasteiger partial charge in [0.1, 0.15) is 4.33 Å². The average Bonchev–Trinajstić information content (AvgIpc) is 2.61. The number of rotatable bonds is 3. The summed E-state index contributed by atoms with van der Waals surface area (Å²) in [6.45, 7) is 0. The summed E-state index contributed by atoms with van der Waals surface area (Å²) < 4.78 is -1.03. The van der Waals surface area contributed by atoms with Crippen LogP contribution in [0.3, 0.4) is 0 Å². The molecule has 0 amide bonds. The van der Waals surface area contributed by atoms with Crippen LogP contribution in [-0.2, 0) is 0 Å². The highest BCUT2D eigenvalue weighted by Gasteiger charge is 2.79. The number of fused-ring (bicyclic) bond motifs is 2. The monoisotopic (exact) mass is 376 g/mol. The molecule has 0 heterocycles. The molecule has 0 radical (unpaired) electrons. The van der Waals surface area contributed by atoms with Gasteiger partial charge in [0.25, 0.3) is 0 Å². The smallest absolute Gasteiger partial charge is 0.126 e. The van der Waals surface area contributed by atoms with Crippen LogP contribution >= 0.6 is 81.2 Å². The quantitative estimate of drug-likeness (QED) is 0.599. The molecule has 2 rings (SSSR count). The van der Waals surface area contributed by atoms with Crippen molar-refractivity contribution >= 4 is 81.2 Å². The van der Waals surface area contributed by atoms with Gasteiger partial charge in [-0.25, -0.2) is 0 Å². The molecule has 0 aromatic rings. The van der Waals surface area contributed by atoms with Gasteiger partial charge in [-0.3, -0.25) is 0 Å². The van der Waals surface area contributed by atoms with Crippen molar-refractivity contribution in [1.29, 1.82) is 0 Å². The molecule has 100 valence electrons. The van der Waals surface area contributed by atoms with Crippen molar-refractivity contribution in [2.45, 2.75) is 21.5 Å². The Labute approximate surface area is 136 Å². The van der Waals surface area contributed by atoms with E-state index in [1.165, 1.54) is 0 Å². The van der Waals surface area contributed by atoms with E-state index in [9.17, 15) is 0 Å². The van der Waals surface area contributed by atoms with E-state index in [4.69, 9.17) is 81.2 Å². The van der Waals surface area contributed by atoms with Gasteiger partial charge in [0.15, 0.2) is 0 Å². The van der Waals surface area contributed by atoms with E-state index in [0.717, 1.165) is 0 Å². The fourth-order valence-corrected chi connectivity index (χ4v) is 7.92. The first-order valence-corrected chi connectivity index (χ1v) is 8.42. The van der Waals surface area contributed by atoms with Gasteiger partial charge in [-0.05, 0) is 12.3 Å². The van der Waals surface area contributed by atoms with Crippen LogP contribution in [-0.4, -0.2) is 32.7 Å². The van der Waals surface area contributed by atoms with Gasteiger partial charge in [-0.1, -0.05) is 0 Å². The molecule has 2 aliphatic carbocycles. The van der Waals surface area contributed by atoms with Crippen LogP contribution in [0.1, 0.15) is 6.42 Å². The van der Waals surface area contributed by atoms with Crippen LogP contribution < -0.4 is 0 Å². The summed E-state index contributed by atoms with van der Waals surface area (Å²) in [5.74, 6) is 0.812. The highest BCUT2D eigenvalue weighted by molar-refractivity contribution is 6.51. The average molecular weight is 379 g/mol. The second-order valence-corrected chi connectivity index (χ2v) is 8.15. The summed E-state index contributed by atoms with van der Waals surface area (Å²) in [5.41, 5.74) is -1.24. The van der Waals surface area contributed by atoms with Crippen LogP contribution in [0, 0.1) is 16.7 Å². The maximum absolute atomic E-state index is 6.44. The lowest BCUT2D eigenvalue weighted by atomic mass is 9.70. The molecule has 4 atom stereocenters. The number of halogens is 7. The number of alkyl halides is 7. The lowest BCUT2D eigenvalue weighted by Crippen LogP contribution is -2.54. The summed E-state index contributed by atoms with van der Waals surface area (Å²) in [5, 5.41) is -0.675. The first-order valence-electron chi connectivity index (χ1n) is 5.18. The Kier molecular flexibility index (Phi) is 4.35. The van der Waals surface area contributed by atoms with Gasteiger partial charge in [-0.2, -0.15) is 0 Å². The van der Waals surface area contributed by atoms with Gasteiger partial charge < -0.3 is 0 Å². The molecule has 0 nitrogen and oxygen atoms in total. The predicted molar refractivity (Wildman–Crippen MR) is 78.9 cm³/mol. The van der Waals surface area contributed by atoms with Crippen molar-refractivity contribution in [2.75, 3.05) is 17.6 Å². The lowest BCUT2D eigenvalue weighted by Gasteiger charge is -2.47. The van der Waals surface area contributed by atoms with E-state index in [-0.39, 0.29) is 17.2 Å². The standard InChI is InChI=1S/C10H11Cl7/c11-2-8(3-12)5-1-10(16,17)9(8,4-13)7(15)6(5)14/h5-7H,1-4H2/t5-,6+,7-,9+/m1/s1. The molecule has 0 aliphatic heterocycles. The van der Waals surface area contributed by atoms with Crippen LogP contribution in [0.25, 0.3) is 0 Å². The minimum absolute atomic E-state index is 0.00424. The Hall–Kier alpha value is 2.03. The van der Waals surface area contributed by atoms with E-state index in [0.29, 0.717) is 18.2 Å². The molecule has 0 unspecified atom stereocenters. The lowest BCUT2D eigenvalue weighted by molar-refractivity contribution is 0.160. The highest BCUT2D eigenvalue weighted by Crippen LogP contribution is 2.76. The Bertz CT molecular complexity index is 314. The molecule has 0 aromatic heterocycles. The normalized spacial score (nSPS) is 46.4. The number of hydrogen-bond donors (Lipinski definition) is 0. The molecule has 2 saturated carbocycles. The van der Waals surface area contributed by atoms with E-state index in [1.807, 2.05) is 0 Å². The maximum Gasteiger partial charge on any atom is 0.127 e. The summed E-state index contributed by atoms with van der Waals surface area (Å²) in [4.78, 5) is 0. The molecule has 0 spiro atoms. The van der Waals surface area contributed by atoms with Crippen molar-refractivity contribution in [1.82, 2.24) is 0 Å². The van der Waals surface area contributed by atoms with E-state index < -0.39 is 20.5 Å². The van der Waals surface area contributed by atoms with Gasteiger partial charge >= 0.3 is 0 Å². The molecule has 0 N–H and O–H groups in total. The fraction of sp³-hybridized carbons (Fsp3) is 1.00. The largest absolute Gasteiger partial charge is 0.127 e. The highest BCUT2D eigenvalue weighted by atomic mass is 35.5. The molecular weight excluding hydrogens is 368 g/mol. The van der Waals surface area contributed by atoms with Gasteiger partial charge in [0.05, 0.1) is 10.8 Å². The van der Waals surface area contributed by atoms with E-state index in [1.54, 1.807) is 0 Å². The fourth-order valence-electron chi connectivity index (χ4n) is 3.50. The first kappa shape index (κ1) is 15.4. The Morgan fingerprint density at radius 1 is 0.941 bits per heavy atom. The van der Waals surface area contributed by atoms with Gasteiger partial charge in [0, 0.05) is 28.5 Å². The van der Waals surface area contributed by atoms with Crippen molar-refractivity contribution in [2.24, 2.45) is 16.7 Å². The Morgan fingerprint density at radius 3 is 1.82 bits per heavy atom. The predicted octanol–water partition coefficient (Wildman–Crippen LogP) is 5.10. The van der Waals surface area contributed by atoms with Crippen LogP contribution in [0.4, 0.5) is 0 Å². The molecule has 0 saturated heterocycles. The van der Waals surface area contributed by atoms with Crippen molar-refractivity contribution in [3.63, 3.8) is 0 Å². The second-order valence-electron chi connectivity index (χ2n) is 4.89. The second kappa shape index (κ2) is 4.79. The summed E-state index contributed by atoms with van der Waals surface area (Å²) >= 11 is 44.1. The maximum atomic E-state index is 6.44. The Balaban J connectivity index is 2.63. The third-order valence-corrected chi connectivity index (χ3v) is 8.24. The summed E-state index contributed by atoms with van der Waals surface area (Å²) in [6, 6.07) is 0. The van der Waals surface area contributed by atoms with Gasteiger partial charge in [-0.15, -0.1) is 81.2 Å². The molecule has 17 heavy (non-hydrogen) atoms. The molecule has 2 bridgehead atoms. The molecule has 2 fully saturated rings. The van der Waals surface area contributed by atoms with Crippen LogP contribution in [0.2, 0.25) is 0 Å². The van der Waals surface area contributed by atoms with E-state index >= 15 is 0 Å². The topological polar surface area (TPSA) is 0 Å². The van der Waals surface area contributed by atoms with Gasteiger partial charge in [0.2, 0.25) is 0 Å². The minimum Gasteiger partial charge on any atom is -0.126 e. The zero-order valence-corrected chi connectivity index (χ0v) is 14.0. The summed E-state index contributed by atoms with van der Waals surface area (Å²) in [7, 11) is 0. The van der Waals surface area contributed by atoms with Crippen molar-refractivity contribution in [3.8, 4) is 0 Å². The molecular formula is C10H11Cl7. The molecule has 7 heteroatoms. The zero-order valence-electron chi connectivity index (χ0n) is 8.71. The van der Waals surface area contributed by atoms with Crippen molar-refractivity contribution in [3.05, 3.63) is 0 Å². The minimum atomic E-state index is -1.03. The third-order valence-electron chi connectivity index (χ3n) is 4.55. The zero-order chi connectivity index (χ0) is 13.1. The van der Waals surface area contributed by atoms with E-state index in [2.05, 4.69) is 0 Å². The molecule has 2 aliphatic rings. The Morgan fingerprint density at radius 2 is 1.47 bits per heavy atom. The number of hydrogen-bond acceptors (Lipinski definition) is 0. The van der Waals surface area contributed by atoms with Crippen LogP contribution in [0.5, 0.6) is 0 Å². The van der Waals surface area contributed by atoms with Crippen molar-refractivity contribution < 1.29 is 0 Å². The summed E-state index contributed by atoms with van der Waals surface area (Å²) in [6.07, 6.45) is 0.527. The molecule has 0 aromatic carbocycles. The SMILES string of the molecule is ClCC1(CCl)[C@@H]2CC(Cl)(Cl)[C@@]1(CCl)[C@H](Cl)[C@H]2Cl.